The lowest BCUT2D eigenvalue weighted by molar-refractivity contribution is -0.187. The van der Waals surface area contributed by atoms with Crippen molar-refractivity contribution in [3.05, 3.63) is 0 Å². The first-order chi connectivity index (χ1) is 61.1. The number of nitrogens with one attached hydrogen (secondary N) is 4. The molecule has 0 aliphatic heterocycles. The molecule has 0 saturated carbocycles. The number of carboxylic acid groups (broad SMARTS) is 3. The third kappa shape index (κ3) is 53.9. The second-order valence-electron chi connectivity index (χ2n) is 28.3. The van der Waals surface area contributed by atoms with Gasteiger partial charge in [-0.15, -0.1) is 0 Å². The topological polar surface area (TPSA) is 699 Å². The van der Waals surface area contributed by atoms with Crippen LogP contribution >= 0.6 is 0 Å². The van der Waals surface area contributed by atoms with Crippen molar-refractivity contribution in [2.45, 2.75) is 210 Å². The van der Waals surface area contributed by atoms with E-state index in [1.807, 2.05) is 0 Å². The second kappa shape index (κ2) is 62.8. The fraction of sp³-hybridized carbons (Fsp3) is 0.679. The summed E-state index contributed by atoms with van der Waals surface area (Å²) in [6.45, 7) is -0.184. The van der Waals surface area contributed by atoms with E-state index in [1.54, 1.807) is 0 Å². The first kappa shape index (κ1) is 118. The maximum atomic E-state index is 14.8. The summed E-state index contributed by atoms with van der Waals surface area (Å²) in [5.74, 6) is -28.7. The molecule has 0 bridgehead atoms. The lowest BCUT2D eigenvalue weighted by atomic mass is 10.0. The Morgan fingerprint density at radius 1 is 0.221 bits per heavy atom. The van der Waals surface area contributed by atoms with Gasteiger partial charge in [0.2, 0.25) is 36.2 Å². The van der Waals surface area contributed by atoms with Crippen LogP contribution in [0.1, 0.15) is 136 Å². The highest BCUT2D eigenvalue weighted by atomic mass is 16.7. The lowest BCUT2D eigenvalue weighted by Crippen LogP contribution is -2.55. The molecule has 0 saturated heterocycles. The molecule has 0 heterocycles. The van der Waals surface area contributed by atoms with Gasteiger partial charge < -0.3 is 122 Å². The van der Waals surface area contributed by atoms with Gasteiger partial charge in [0, 0.05) is 215 Å². The molecule has 7 N–H and O–H groups in total. The van der Waals surface area contributed by atoms with Gasteiger partial charge >= 0.3 is 113 Å². The van der Waals surface area contributed by atoms with E-state index < -0.39 is 385 Å². The van der Waals surface area contributed by atoms with E-state index in [-0.39, 0.29) is 0 Å². The first-order valence-electron chi connectivity index (χ1n) is 40.2. The SMILES string of the molecule is CC(=O)OCC[C@@H](OC(C)=O)[C@@H](OC(C)=O)[C@@H](OC(C)=O)C(=O)NCCN(CCNC(=O)[C@H](OC(C)=O)[C@H](OC(C)=O)[C@@H](CCOC(C)=O)OC(C)=O)C(=O)CN(CCN(CCN(CC(=O)O)CC(=O)N(CCNC(=O)[C@H](OC(C)=O)[C@H](OC(C)=O)[C@@H](CCOC(C)=O)OC(C)=O)CCNC(=O)[C@H](OC(C)=O)[C@H](OC(C)=O)[C@@H](CCOC(C)=O)OC(C)=O)CC(=O)O)CC(=O)O. The Labute approximate surface area is 750 Å². The van der Waals surface area contributed by atoms with E-state index in [0.29, 0.717) is 0 Å². The molecule has 0 unspecified atom stereocenters. The van der Waals surface area contributed by atoms with E-state index in [2.05, 4.69) is 21.3 Å². The molecule has 53 nitrogen and oxygen atoms in total. The van der Waals surface area contributed by atoms with Gasteiger partial charge in [0.1, 0.15) is 24.4 Å². The number of amides is 6. The zero-order valence-electron chi connectivity index (χ0n) is 75.4. The number of carbonyl (C=O) groups excluding carboxylic acids is 22. The van der Waals surface area contributed by atoms with E-state index >= 15 is 0 Å². The monoisotopic (exact) mass is 1880 g/mol. The standard InChI is InChI=1S/C78H117N9O44/c1-42(88)116-33-17-58(120-46(5)92)67(124-50(9)96)71(128-54(13)100)75(112)79-21-25-86(26-22-80-76(113)72(129-55(14)101)68(125-51(10)97)59(121-47(6)93)18-34-117-43(2)89)62(104)37-84(40-65(108)109)31-29-83(39-64(106)107)30-32-85(41-66(110)111)38-63(105)87(27-23-81-77(114)73(130-56(15)102)69(126-52(11)98)60(122-48(7)94)19-35-118-44(3)90)28-24-82-78(115)74(131-57(16)103)70(127-53(12)99)61(123-49(8)95)20-36-119-45(4)91/h58-61,67-74H,17-41H2,1-16H3,(H,79,112)(H,80,113)(H,81,114)(H,82,115)(H,106,107)(H,108,109)(H,110,111)/t58-,59-,60-,61-,67-,68-,69-,70-,71-,72-,73-,74-/m1/s1. The molecule has 0 aromatic carbocycles. The number of esters is 16. The Kier molecular flexibility index (Phi) is 56.4. The molecule has 53 heteroatoms. The maximum Gasteiger partial charge on any atom is 0.317 e. The fourth-order valence-electron chi connectivity index (χ4n) is 12.0. The molecule has 12 atom stereocenters. The molecule has 6 amide bonds. The van der Waals surface area contributed by atoms with Gasteiger partial charge in [-0.05, 0) is 0 Å². The largest absolute Gasteiger partial charge is 0.480 e. The molecule has 0 aromatic heterocycles. The van der Waals surface area contributed by atoms with Crippen LogP contribution in [0.25, 0.3) is 0 Å². The zero-order valence-corrected chi connectivity index (χ0v) is 75.4. The van der Waals surface area contributed by atoms with Crippen LogP contribution in [0.4, 0.5) is 0 Å². The summed E-state index contributed by atoms with van der Waals surface area (Å²) in [5, 5.41) is 40.2. The van der Waals surface area contributed by atoms with Gasteiger partial charge in [0.25, 0.3) is 23.6 Å². The smallest absolute Gasteiger partial charge is 0.317 e. The van der Waals surface area contributed by atoms with Gasteiger partial charge in [-0.2, -0.15) is 0 Å². The predicted molar refractivity (Wildman–Crippen MR) is 429 cm³/mol. The van der Waals surface area contributed by atoms with Crippen LogP contribution in [0.3, 0.4) is 0 Å². The quantitative estimate of drug-likeness (QED) is 0.0220. The fourth-order valence-corrected chi connectivity index (χ4v) is 12.0. The summed E-state index contributed by atoms with van der Waals surface area (Å²) in [6, 6.07) is 0. The number of carboxylic acids is 3. The summed E-state index contributed by atoms with van der Waals surface area (Å²) < 4.78 is 83.6. The minimum atomic E-state index is -2.20. The number of nitrogens with zero attached hydrogens (tertiary/aromatic N) is 5. The predicted octanol–water partition coefficient (Wildman–Crippen LogP) is -5.74. The molecule has 0 aromatic rings. The summed E-state index contributed by atoms with van der Waals surface area (Å²) in [7, 11) is 0. The minimum absolute atomic E-state index is 0.467. The van der Waals surface area contributed by atoms with Crippen LogP contribution in [-0.4, -0.2) is 400 Å². The van der Waals surface area contributed by atoms with Gasteiger partial charge in [-0.1, -0.05) is 0 Å². The van der Waals surface area contributed by atoms with Gasteiger partial charge in [-0.25, -0.2) is 0 Å². The molecule has 0 aliphatic carbocycles. The molecular weight excluding hydrogens is 1770 g/mol. The van der Waals surface area contributed by atoms with Crippen LogP contribution in [0, 0.1) is 0 Å². The Morgan fingerprint density at radius 2 is 0.397 bits per heavy atom. The van der Waals surface area contributed by atoms with Gasteiger partial charge in [-0.3, -0.25) is 135 Å². The first-order valence-corrected chi connectivity index (χ1v) is 40.2. The maximum absolute atomic E-state index is 14.8. The molecule has 0 spiro atoms. The van der Waals surface area contributed by atoms with Crippen molar-refractivity contribution in [1.29, 1.82) is 0 Å². The molecule has 0 aliphatic rings. The number of ether oxygens (including phenoxy) is 16. The van der Waals surface area contributed by atoms with Crippen LogP contribution in [-0.2, 0) is 196 Å². The van der Waals surface area contributed by atoms with Crippen molar-refractivity contribution in [2.75, 3.05) is 138 Å². The van der Waals surface area contributed by atoms with Crippen molar-refractivity contribution in [1.82, 2.24) is 45.8 Å². The molecule has 131 heavy (non-hydrogen) atoms. The summed E-state index contributed by atoms with van der Waals surface area (Å²) in [6.07, 6.45) is -25.3. The molecular formula is C78H117N9O44. The van der Waals surface area contributed by atoms with Crippen molar-refractivity contribution in [3.8, 4) is 0 Å². The van der Waals surface area contributed by atoms with Crippen LogP contribution in [0.2, 0.25) is 0 Å². The van der Waals surface area contributed by atoms with Crippen LogP contribution < -0.4 is 21.3 Å². The van der Waals surface area contributed by atoms with Gasteiger partial charge in [0.15, 0.2) is 24.4 Å². The highest BCUT2D eigenvalue weighted by Crippen LogP contribution is 2.23. The number of carbonyl (C=O) groups is 25. The molecule has 738 valence electrons. The minimum Gasteiger partial charge on any atom is -0.480 e. The van der Waals surface area contributed by atoms with E-state index in [9.17, 15) is 135 Å². The zero-order chi connectivity index (χ0) is 100. The number of hydrogen-bond acceptors (Lipinski definition) is 44. The summed E-state index contributed by atoms with van der Waals surface area (Å²) in [5.41, 5.74) is 0. The Balaban J connectivity index is 8.28. The van der Waals surface area contributed by atoms with E-state index in [4.69, 9.17) is 75.8 Å². The highest BCUT2D eigenvalue weighted by Gasteiger charge is 2.47. The van der Waals surface area contributed by atoms with E-state index in [1.165, 1.54) is 0 Å². The third-order valence-electron chi connectivity index (χ3n) is 16.9. The van der Waals surface area contributed by atoms with Crippen LogP contribution in [0.15, 0.2) is 0 Å². The average Bonchev–Trinajstić information content (AvgIpc) is 0.849. The van der Waals surface area contributed by atoms with Crippen molar-refractivity contribution in [2.24, 2.45) is 0 Å². The normalized spacial score (nSPS) is 13.6. The Bertz CT molecular complexity index is 3540. The Hall–Kier alpha value is -13.4. The number of rotatable bonds is 64. The Morgan fingerprint density at radius 3 is 0.565 bits per heavy atom. The summed E-state index contributed by atoms with van der Waals surface area (Å²) in [4.78, 5) is 327. The van der Waals surface area contributed by atoms with Crippen molar-refractivity contribution >= 4 is 149 Å². The van der Waals surface area contributed by atoms with Crippen LogP contribution in [0.5, 0.6) is 0 Å². The number of aliphatic carboxylic acids is 3. The molecule has 0 rings (SSSR count). The third-order valence-corrected chi connectivity index (χ3v) is 16.9. The van der Waals surface area contributed by atoms with Crippen molar-refractivity contribution in [3.63, 3.8) is 0 Å². The number of hydrogen-bond donors (Lipinski definition) is 7. The summed E-state index contributed by atoms with van der Waals surface area (Å²) >= 11 is 0. The lowest BCUT2D eigenvalue weighted by Gasteiger charge is -2.32. The highest BCUT2D eigenvalue weighted by molar-refractivity contribution is 5.88. The van der Waals surface area contributed by atoms with E-state index in [0.717, 1.165) is 135 Å². The second-order valence-corrected chi connectivity index (χ2v) is 28.3. The van der Waals surface area contributed by atoms with Gasteiger partial charge in [0.05, 0.1) is 59.2 Å². The van der Waals surface area contributed by atoms with Crippen molar-refractivity contribution < 1.29 is 211 Å². The molecule has 0 fully saturated rings. The molecule has 0 radical (unpaired) electrons. The average molecular weight is 1880 g/mol.